The maximum absolute atomic E-state index is 12.4. The fraction of sp³-hybridized carbons (Fsp3) is 0.579. The molecule has 1 fully saturated rings. The third kappa shape index (κ3) is 4.20. The minimum atomic E-state index is -0.168. The Morgan fingerprint density at radius 2 is 1.88 bits per heavy atom. The van der Waals surface area contributed by atoms with Crippen LogP contribution in [0.3, 0.4) is 0 Å². The van der Waals surface area contributed by atoms with Gasteiger partial charge < -0.3 is 10.2 Å². The van der Waals surface area contributed by atoms with Gasteiger partial charge in [0, 0.05) is 43.8 Å². The van der Waals surface area contributed by atoms with Crippen LogP contribution in [0, 0.1) is 6.92 Å². The lowest BCUT2D eigenvalue weighted by atomic mass is 10.1. The molecule has 1 atom stereocenters. The number of carbonyl (C=O) groups is 1. The monoisotopic (exact) mass is 356 g/mol. The van der Waals surface area contributed by atoms with Crippen LogP contribution >= 0.6 is 0 Å². The van der Waals surface area contributed by atoms with Gasteiger partial charge in [-0.25, -0.2) is 9.97 Å². The fourth-order valence-corrected chi connectivity index (χ4v) is 3.43. The molecule has 0 radical (unpaired) electrons. The summed E-state index contributed by atoms with van der Waals surface area (Å²) in [5, 5.41) is 7.04. The third-order valence-electron chi connectivity index (χ3n) is 5.01. The van der Waals surface area contributed by atoms with E-state index in [0.29, 0.717) is 5.69 Å². The smallest absolute Gasteiger partial charge is 0.270 e. The van der Waals surface area contributed by atoms with Gasteiger partial charge in [0.1, 0.15) is 5.69 Å². The van der Waals surface area contributed by atoms with Gasteiger partial charge in [0.15, 0.2) is 0 Å². The molecule has 1 aliphatic heterocycles. The average molecular weight is 356 g/mol. The van der Waals surface area contributed by atoms with Crippen LogP contribution in [0.15, 0.2) is 18.5 Å². The molecule has 0 bridgehead atoms. The number of nitrogens with zero attached hydrogens (tertiary/aromatic N) is 5. The highest BCUT2D eigenvalue weighted by Gasteiger charge is 2.18. The summed E-state index contributed by atoms with van der Waals surface area (Å²) in [4.78, 5) is 24.0. The van der Waals surface area contributed by atoms with Gasteiger partial charge in [0.25, 0.3) is 5.91 Å². The quantitative estimate of drug-likeness (QED) is 0.912. The molecule has 7 heteroatoms. The van der Waals surface area contributed by atoms with Gasteiger partial charge in [-0.1, -0.05) is 19.3 Å². The zero-order valence-electron chi connectivity index (χ0n) is 15.9. The minimum Gasteiger partial charge on any atom is -0.344 e. The van der Waals surface area contributed by atoms with Gasteiger partial charge in [0.2, 0.25) is 5.95 Å². The summed E-state index contributed by atoms with van der Waals surface area (Å²) in [6, 6.07) is 1.54. The summed E-state index contributed by atoms with van der Waals surface area (Å²) in [7, 11) is 1.76. The van der Waals surface area contributed by atoms with E-state index in [1.54, 1.807) is 24.0 Å². The summed E-state index contributed by atoms with van der Waals surface area (Å²) < 4.78 is 1.57. The van der Waals surface area contributed by atoms with Gasteiger partial charge in [-0.15, -0.1) is 0 Å². The van der Waals surface area contributed by atoms with Crippen LogP contribution < -0.4 is 10.2 Å². The molecule has 1 N–H and O–H groups in total. The molecule has 1 saturated heterocycles. The zero-order valence-corrected chi connectivity index (χ0v) is 15.9. The number of carbonyl (C=O) groups excluding carboxylic acids is 1. The van der Waals surface area contributed by atoms with E-state index in [9.17, 15) is 4.79 Å². The van der Waals surface area contributed by atoms with E-state index in [2.05, 4.69) is 20.3 Å². The Kier molecular flexibility index (Phi) is 5.85. The Balaban J connectivity index is 1.70. The molecule has 26 heavy (non-hydrogen) atoms. The van der Waals surface area contributed by atoms with Gasteiger partial charge >= 0.3 is 0 Å². The predicted octanol–water partition coefficient (Wildman–Crippen LogP) is 2.78. The Hall–Kier alpha value is -2.44. The molecule has 3 rings (SSSR count). The Bertz CT molecular complexity index is 748. The van der Waals surface area contributed by atoms with Crippen molar-refractivity contribution in [1.29, 1.82) is 0 Å². The van der Waals surface area contributed by atoms with Crippen molar-refractivity contribution in [2.24, 2.45) is 7.05 Å². The highest BCUT2D eigenvalue weighted by atomic mass is 16.2. The highest BCUT2D eigenvalue weighted by molar-refractivity contribution is 5.92. The lowest BCUT2D eigenvalue weighted by Gasteiger charge is -2.25. The van der Waals surface area contributed by atoms with E-state index in [4.69, 9.17) is 4.98 Å². The van der Waals surface area contributed by atoms with E-state index in [1.165, 1.54) is 32.1 Å². The molecule has 1 amide bonds. The first-order chi connectivity index (χ1) is 12.6. The largest absolute Gasteiger partial charge is 0.344 e. The first-order valence-corrected chi connectivity index (χ1v) is 9.43. The molecular weight excluding hydrogens is 328 g/mol. The number of aromatic nitrogens is 4. The second-order valence-corrected chi connectivity index (χ2v) is 7.00. The van der Waals surface area contributed by atoms with Crippen LogP contribution in [0.1, 0.15) is 66.8 Å². The Morgan fingerprint density at radius 1 is 1.19 bits per heavy atom. The van der Waals surface area contributed by atoms with Crippen molar-refractivity contribution in [3.05, 3.63) is 35.4 Å². The van der Waals surface area contributed by atoms with Crippen LogP contribution in [0.5, 0.6) is 0 Å². The SMILES string of the molecule is Cc1nc(N2CCCCCCC2)ncc1[C@@H](C)NC(=O)c1ccnn1C. The number of anilines is 1. The molecular formula is C19H28N6O. The van der Waals surface area contributed by atoms with E-state index < -0.39 is 0 Å². The van der Waals surface area contributed by atoms with Crippen molar-refractivity contribution >= 4 is 11.9 Å². The molecule has 7 nitrogen and oxygen atoms in total. The standard InChI is InChI=1S/C19H28N6O/c1-14(22-18(26)17-9-10-21-24(17)3)16-13-20-19(23-15(16)2)25-11-7-5-4-6-8-12-25/h9-10,13-14H,4-8,11-12H2,1-3H3,(H,22,26)/t14-/m1/s1. The molecule has 1 aliphatic rings. The number of aryl methyl sites for hydroxylation is 2. The Morgan fingerprint density at radius 3 is 2.50 bits per heavy atom. The predicted molar refractivity (Wildman–Crippen MR) is 101 cm³/mol. The normalized spacial score (nSPS) is 16.7. The van der Waals surface area contributed by atoms with E-state index in [0.717, 1.165) is 30.3 Å². The Labute approximate surface area is 154 Å². The summed E-state index contributed by atoms with van der Waals surface area (Å²) in [6.07, 6.45) is 9.76. The number of hydrogen-bond donors (Lipinski definition) is 1. The number of hydrogen-bond acceptors (Lipinski definition) is 5. The van der Waals surface area contributed by atoms with Crippen molar-refractivity contribution in [3.8, 4) is 0 Å². The number of amides is 1. The minimum absolute atomic E-state index is 0.148. The maximum atomic E-state index is 12.4. The highest BCUT2D eigenvalue weighted by Crippen LogP contribution is 2.20. The maximum Gasteiger partial charge on any atom is 0.270 e. The van der Waals surface area contributed by atoms with Crippen molar-refractivity contribution < 1.29 is 4.79 Å². The molecule has 2 aromatic rings. The van der Waals surface area contributed by atoms with Crippen LogP contribution in [0.4, 0.5) is 5.95 Å². The van der Waals surface area contributed by atoms with Gasteiger partial charge in [-0.3, -0.25) is 9.48 Å². The van der Waals surface area contributed by atoms with Crippen LogP contribution in [0.2, 0.25) is 0 Å². The summed E-state index contributed by atoms with van der Waals surface area (Å²) in [5.74, 6) is 0.656. The number of nitrogens with one attached hydrogen (secondary N) is 1. The zero-order chi connectivity index (χ0) is 18.5. The topological polar surface area (TPSA) is 75.9 Å². The molecule has 0 saturated carbocycles. The van der Waals surface area contributed by atoms with Crippen molar-refractivity contribution in [2.45, 2.75) is 52.0 Å². The van der Waals surface area contributed by atoms with Gasteiger partial charge in [-0.05, 0) is 32.8 Å². The second-order valence-electron chi connectivity index (χ2n) is 7.00. The van der Waals surface area contributed by atoms with Crippen LogP contribution in [-0.4, -0.2) is 38.7 Å². The van der Waals surface area contributed by atoms with Crippen molar-refractivity contribution in [3.63, 3.8) is 0 Å². The first-order valence-electron chi connectivity index (χ1n) is 9.43. The van der Waals surface area contributed by atoms with Crippen molar-refractivity contribution in [2.75, 3.05) is 18.0 Å². The lowest BCUT2D eigenvalue weighted by molar-refractivity contribution is 0.0930. The third-order valence-corrected chi connectivity index (χ3v) is 5.01. The molecule has 0 unspecified atom stereocenters. The van der Waals surface area contributed by atoms with E-state index in [-0.39, 0.29) is 11.9 Å². The van der Waals surface area contributed by atoms with Crippen LogP contribution in [0.25, 0.3) is 0 Å². The molecule has 140 valence electrons. The molecule has 0 spiro atoms. The summed E-state index contributed by atoms with van der Waals surface area (Å²) >= 11 is 0. The number of rotatable bonds is 4. The van der Waals surface area contributed by atoms with Gasteiger partial charge in [0.05, 0.1) is 6.04 Å². The van der Waals surface area contributed by atoms with Crippen LogP contribution in [-0.2, 0) is 7.05 Å². The fourth-order valence-electron chi connectivity index (χ4n) is 3.43. The average Bonchev–Trinajstić information content (AvgIpc) is 3.00. The summed E-state index contributed by atoms with van der Waals surface area (Å²) in [6.45, 7) is 5.98. The summed E-state index contributed by atoms with van der Waals surface area (Å²) in [5.41, 5.74) is 2.39. The van der Waals surface area contributed by atoms with E-state index in [1.807, 2.05) is 20.0 Å². The van der Waals surface area contributed by atoms with Gasteiger partial charge in [-0.2, -0.15) is 5.10 Å². The molecule has 0 aromatic carbocycles. The van der Waals surface area contributed by atoms with Crippen molar-refractivity contribution in [1.82, 2.24) is 25.1 Å². The molecule has 2 aromatic heterocycles. The van der Waals surface area contributed by atoms with E-state index >= 15 is 0 Å². The second kappa shape index (κ2) is 8.29. The molecule has 3 heterocycles. The molecule has 0 aliphatic carbocycles. The first kappa shape index (κ1) is 18.4. The lowest BCUT2D eigenvalue weighted by Crippen LogP contribution is -2.31.